The van der Waals surface area contributed by atoms with Crippen LogP contribution in [0.3, 0.4) is 0 Å². The van der Waals surface area contributed by atoms with Crippen LogP contribution in [-0.2, 0) is 6.54 Å². The van der Waals surface area contributed by atoms with Crippen molar-refractivity contribution in [3.8, 4) is 5.75 Å². The van der Waals surface area contributed by atoms with Crippen LogP contribution in [0.1, 0.15) is 28.5 Å². The molecule has 0 radical (unpaired) electrons. The van der Waals surface area contributed by atoms with E-state index in [1.807, 2.05) is 44.2 Å². The molecule has 5 heteroatoms. The minimum Gasteiger partial charge on any atom is -0.497 e. The molecule has 0 unspecified atom stereocenters. The molecule has 0 spiro atoms. The average molecular weight is 352 g/mol. The van der Waals surface area contributed by atoms with Crippen LogP contribution in [0.2, 0.25) is 0 Å². The van der Waals surface area contributed by atoms with Gasteiger partial charge in [0.25, 0.3) is 5.91 Å². The predicted molar refractivity (Wildman–Crippen MR) is 99.8 cm³/mol. The summed E-state index contributed by atoms with van der Waals surface area (Å²) in [6.45, 7) is 4.61. The number of ether oxygens (including phenoxy) is 1. The molecule has 0 N–H and O–H groups in total. The topological polar surface area (TPSA) is 42.4 Å². The molecule has 1 heterocycles. The molecule has 0 fully saturated rings. The van der Waals surface area contributed by atoms with Crippen molar-refractivity contribution < 1.29 is 13.9 Å². The molecule has 1 aromatic heterocycles. The van der Waals surface area contributed by atoms with Gasteiger partial charge in [-0.3, -0.25) is 9.78 Å². The summed E-state index contributed by atoms with van der Waals surface area (Å²) in [6.07, 6.45) is 0. The van der Waals surface area contributed by atoms with E-state index in [1.54, 1.807) is 18.1 Å². The van der Waals surface area contributed by atoms with E-state index in [1.165, 1.54) is 12.1 Å². The minimum atomic E-state index is -0.302. The Morgan fingerprint density at radius 1 is 1.19 bits per heavy atom. The monoisotopic (exact) mass is 352 g/mol. The van der Waals surface area contributed by atoms with Crippen LogP contribution in [-0.4, -0.2) is 29.4 Å². The zero-order valence-corrected chi connectivity index (χ0v) is 15.1. The lowest BCUT2D eigenvalue weighted by Gasteiger charge is -2.22. The molecule has 4 nitrogen and oxygen atoms in total. The zero-order chi connectivity index (χ0) is 18.7. The Morgan fingerprint density at radius 2 is 2.00 bits per heavy atom. The number of amides is 1. The molecule has 0 atom stereocenters. The number of rotatable bonds is 5. The molecule has 1 amide bonds. The first kappa shape index (κ1) is 17.9. The van der Waals surface area contributed by atoms with E-state index in [-0.39, 0.29) is 11.7 Å². The maximum Gasteiger partial charge on any atom is 0.256 e. The van der Waals surface area contributed by atoms with Gasteiger partial charge in [0.1, 0.15) is 11.6 Å². The summed E-state index contributed by atoms with van der Waals surface area (Å²) >= 11 is 0. The van der Waals surface area contributed by atoms with Crippen LogP contribution >= 0.6 is 0 Å². The van der Waals surface area contributed by atoms with E-state index in [4.69, 9.17) is 4.74 Å². The zero-order valence-electron chi connectivity index (χ0n) is 15.1. The number of fused-ring (bicyclic) bond motifs is 1. The molecule has 3 aromatic rings. The fraction of sp³-hybridized carbons (Fsp3) is 0.238. The van der Waals surface area contributed by atoms with Crippen molar-refractivity contribution in [1.82, 2.24) is 9.88 Å². The molecular weight excluding hydrogens is 331 g/mol. The van der Waals surface area contributed by atoms with E-state index < -0.39 is 0 Å². The van der Waals surface area contributed by atoms with Gasteiger partial charge in [-0.25, -0.2) is 4.39 Å². The second kappa shape index (κ2) is 7.52. The number of methoxy groups -OCH3 is 1. The van der Waals surface area contributed by atoms with Crippen LogP contribution in [0.15, 0.2) is 48.5 Å². The van der Waals surface area contributed by atoms with Gasteiger partial charge in [0, 0.05) is 24.5 Å². The summed E-state index contributed by atoms with van der Waals surface area (Å²) in [6, 6.07) is 13.8. The lowest BCUT2D eigenvalue weighted by atomic mass is 10.1. The average Bonchev–Trinajstić information content (AvgIpc) is 2.64. The highest BCUT2D eigenvalue weighted by Gasteiger charge is 2.18. The SMILES string of the molecule is CCN(Cc1cccc(F)c1)C(=O)c1cc2ccc(OC)cc2nc1C. The number of hydrogen-bond donors (Lipinski definition) is 0. The molecule has 3 rings (SSSR count). The Bertz CT molecular complexity index is 956. The number of hydrogen-bond acceptors (Lipinski definition) is 3. The first-order valence-electron chi connectivity index (χ1n) is 8.51. The first-order chi connectivity index (χ1) is 12.5. The number of carbonyl (C=O) groups excluding carboxylic acids is 1. The number of nitrogens with zero attached hydrogens (tertiary/aromatic N) is 2. The molecule has 0 bridgehead atoms. The van der Waals surface area contributed by atoms with Crippen molar-refractivity contribution >= 4 is 16.8 Å². The lowest BCUT2D eigenvalue weighted by molar-refractivity contribution is 0.0751. The van der Waals surface area contributed by atoms with Gasteiger partial charge in [-0.2, -0.15) is 0 Å². The first-order valence-corrected chi connectivity index (χ1v) is 8.51. The lowest BCUT2D eigenvalue weighted by Crippen LogP contribution is -2.31. The summed E-state index contributed by atoms with van der Waals surface area (Å²) < 4.78 is 18.6. The van der Waals surface area contributed by atoms with Gasteiger partial charge < -0.3 is 9.64 Å². The number of benzene rings is 2. The van der Waals surface area contributed by atoms with Crippen molar-refractivity contribution in [2.45, 2.75) is 20.4 Å². The van der Waals surface area contributed by atoms with Crippen LogP contribution in [0.4, 0.5) is 4.39 Å². The summed E-state index contributed by atoms with van der Waals surface area (Å²) in [5, 5.41) is 0.876. The molecule has 0 saturated carbocycles. The highest BCUT2D eigenvalue weighted by molar-refractivity contribution is 5.98. The van der Waals surface area contributed by atoms with Gasteiger partial charge in [0.15, 0.2) is 0 Å². The number of aryl methyl sites for hydroxylation is 1. The third-order valence-electron chi connectivity index (χ3n) is 4.38. The highest BCUT2D eigenvalue weighted by atomic mass is 19.1. The maximum atomic E-state index is 13.4. The van der Waals surface area contributed by atoms with E-state index in [0.717, 1.165) is 22.2 Å². The largest absolute Gasteiger partial charge is 0.497 e. The minimum absolute atomic E-state index is 0.112. The number of pyridine rings is 1. The molecule has 0 aliphatic heterocycles. The summed E-state index contributed by atoms with van der Waals surface area (Å²) in [5.74, 6) is 0.313. The van der Waals surface area contributed by atoms with E-state index in [0.29, 0.717) is 24.3 Å². The van der Waals surface area contributed by atoms with Crippen molar-refractivity contribution in [3.05, 3.63) is 71.2 Å². The van der Waals surface area contributed by atoms with Crippen molar-refractivity contribution in [1.29, 1.82) is 0 Å². The molecule has 26 heavy (non-hydrogen) atoms. The third-order valence-corrected chi connectivity index (χ3v) is 4.38. The third kappa shape index (κ3) is 3.67. The van der Waals surface area contributed by atoms with Crippen molar-refractivity contribution in [3.63, 3.8) is 0 Å². The van der Waals surface area contributed by atoms with E-state index in [9.17, 15) is 9.18 Å². The van der Waals surface area contributed by atoms with Crippen molar-refractivity contribution in [2.75, 3.05) is 13.7 Å². The van der Waals surface area contributed by atoms with Crippen LogP contribution in [0.25, 0.3) is 10.9 Å². The van der Waals surface area contributed by atoms with E-state index >= 15 is 0 Å². The Kier molecular flexibility index (Phi) is 5.16. The molecule has 2 aromatic carbocycles. The highest BCUT2D eigenvalue weighted by Crippen LogP contribution is 2.23. The smallest absolute Gasteiger partial charge is 0.256 e. The summed E-state index contributed by atoms with van der Waals surface area (Å²) in [4.78, 5) is 19.3. The fourth-order valence-corrected chi connectivity index (χ4v) is 2.94. The van der Waals surface area contributed by atoms with Gasteiger partial charge in [-0.15, -0.1) is 0 Å². The van der Waals surface area contributed by atoms with Gasteiger partial charge in [0.05, 0.1) is 23.9 Å². The van der Waals surface area contributed by atoms with Crippen LogP contribution in [0, 0.1) is 12.7 Å². The Labute approximate surface area is 152 Å². The molecule has 0 aliphatic rings. The predicted octanol–water partition coefficient (Wildman–Crippen LogP) is 4.35. The van der Waals surface area contributed by atoms with Crippen molar-refractivity contribution in [2.24, 2.45) is 0 Å². The van der Waals surface area contributed by atoms with Gasteiger partial charge in [0.2, 0.25) is 0 Å². The quantitative estimate of drug-likeness (QED) is 0.685. The second-order valence-corrected chi connectivity index (χ2v) is 6.13. The Hall–Kier alpha value is -2.95. The standard InChI is InChI=1S/C21H21FN2O2/c1-4-24(13-15-6-5-7-17(22)10-15)21(25)19-11-16-8-9-18(26-3)12-20(16)23-14(19)2/h5-12H,4,13H2,1-3H3. The normalized spacial score (nSPS) is 10.8. The maximum absolute atomic E-state index is 13.4. The number of aromatic nitrogens is 1. The molecular formula is C21H21FN2O2. The second-order valence-electron chi connectivity index (χ2n) is 6.13. The number of carbonyl (C=O) groups is 1. The van der Waals surface area contributed by atoms with E-state index in [2.05, 4.69) is 4.98 Å². The Morgan fingerprint density at radius 3 is 2.69 bits per heavy atom. The fourth-order valence-electron chi connectivity index (χ4n) is 2.94. The summed E-state index contributed by atoms with van der Waals surface area (Å²) in [5.41, 5.74) is 2.76. The molecule has 134 valence electrons. The number of halogens is 1. The van der Waals surface area contributed by atoms with Gasteiger partial charge in [-0.1, -0.05) is 12.1 Å². The molecule has 0 aliphatic carbocycles. The molecule has 0 saturated heterocycles. The van der Waals surface area contributed by atoms with Crippen LogP contribution in [0.5, 0.6) is 5.75 Å². The van der Waals surface area contributed by atoms with Crippen LogP contribution < -0.4 is 4.74 Å². The van der Waals surface area contributed by atoms with Gasteiger partial charge in [-0.05, 0) is 49.7 Å². The summed E-state index contributed by atoms with van der Waals surface area (Å²) in [7, 11) is 1.61. The Balaban J connectivity index is 1.93. The van der Waals surface area contributed by atoms with Gasteiger partial charge >= 0.3 is 0 Å².